The van der Waals surface area contributed by atoms with Gasteiger partial charge in [0.15, 0.2) is 0 Å². The van der Waals surface area contributed by atoms with E-state index in [0.29, 0.717) is 5.75 Å². The van der Waals surface area contributed by atoms with Crippen LogP contribution in [-0.2, 0) is 6.54 Å². The predicted molar refractivity (Wildman–Crippen MR) is 76.4 cm³/mol. The summed E-state index contributed by atoms with van der Waals surface area (Å²) in [4.78, 5) is 0. The van der Waals surface area contributed by atoms with Crippen molar-refractivity contribution in [2.24, 2.45) is 0 Å². The molecule has 0 heterocycles. The molecule has 1 atom stereocenters. The summed E-state index contributed by atoms with van der Waals surface area (Å²) < 4.78 is 5.15. The van der Waals surface area contributed by atoms with Crippen molar-refractivity contribution in [1.82, 2.24) is 5.32 Å². The molecule has 0 saturated heterocycles. The van der Waals surface area contributed by atoms with E-state index in [1.807, 2.05) is 24.3 Å². The number of ether oxygens (including phenoxy) is 1. The van der Waals surface area contributed by atoms with Crippen molar-refractivity contribution in [1.29, 1.82) is 0 Å². The second-order valence-corrected chi connectivity index (χ2v) is 4.54. The Morgan fingerprint density at radius 3 is 2.26 bits per heavy atom. The molecule has 0 amide bonds. The van der Waals surface area contributed by atoms with Crippen LogP contribution in [0.4, 0.5) is 0 Å². The van der Waals surface area contributed by atoms with Gasteiger partial charge >= 0.3 is 0 Å². The van der Waals surface area contributed by atoms with E-state index in [2.05, 4.69) is 24.4 Å². The van der Waals surface area contributed by atoms with E-state index in [-0.39, 0.29) is 6.04 Å². The van der Waals surface area contributed by atoms with Crippen LogP contribution in [0.15, 0.2) is 48.5 Å². The number of hydrogen-bond acceptors (Lipinski definition) is 3. The minimum absolute atomic E-state index is 0.264. The Hall–Kier alpha value is -2.00. The molecular formula is C16H19NO2. The molecule has 0 unspecified atom stereocenters. The topological polar surface area (TPSA) is 41.5 Å². The maximum absolute atomic E-state index is 9.23. The van der Waals surface area contributed by atoms with E-state index < -0.39 is 0 Å². The molecule has 0 bridgehead atoms. The van der Waals surface area contributed by atoms with Crippen LogP contribution >= 0.6 is 0 Å². The Morgan fingerprint density at radius 1 is 1.05 bits per heavy atom. The standard InChI is InChI=1S/C16H19NO2/c1-12(14-5-9-16(19-2)10-6-14)17-11-13-3-7-15(18)8-4-13/h3-10,12,17-18H,11H2,1-2H3/t12-/m0/s1. The molecular weight excluding hydrogens is 238 g/mol. The SMILES string of the molecule is COc1ccc([C@H](C)NCc2ccc(O)cc2)cc1. The van der Waals surface area contributed by atoms with Gasteiger partial charge in [0.05, 0.1) is 7.11 Å². The van der Waals surface area contributed by atoms with Crippen molar-refractivity contribution in [2.75, 3.05) is 7.11 Å². The molecule has 100 valence electrons. The average molecular weight is 257 g/mol. The molecule has 0 spiro atoms. The van der Waals surface area contributed by atoms with Gasteiger partial charge in [-0.15, -0.1) is 0 Å². The van der Waals surface area contributed by atoms with Crippen LogP contribution in [0.1, 0.15) is 24.1 Å². The van der Waals surface area contributed by atoms with Crippen molar-refractivity contribution in [3.05, 3.63) is 59.7 Å². The highest BCUT2D eigenvalue weighted by molar-refractivity contribution is 5.29. The average Bonchev–Trinajstić information content (AvgIpc) is 2.46. The lowest BCUT2D eigenvalue weighted by Crippen LogP contribution is -2.17. The van der Waals surface area contributed by atoms with Gasteiger partial charge in [-0.05, 0) is 42.3 Å². The summed E-state index contributed by atoms with van der Waals surface area (Å²) in [5, 5.41) is 12.7. The maximum Gasteiger partial charge on any atom is 0.118 e. The van der Waals surface area contributed by atoms with Gasteiger partial charge in [-0.2, -0.15) is 0 Å². The Labute approximate surface area is 113 Å². The normalized spacial score (nSPS) is 12.1. The van der Waals surface area contributed by atoms with Crippen molar-refractivity contribution < 1.29 is 9.84 Å². The van der Waals surface area contributed by atoms with Crippen molar-refractivity contribution >= 4 is 0 Å². The highest BCUT2D eigenvalue weighted by Gasteiger charge is 2.05. The van der Waals surface area contributed by atoms with E-state index in [1.165, 1.54) is 5.56 Å². The lowest BCUT2D eigenvalue weighted by atomic mass is 10.1. The molecule has 0 aliphatic heterocycles. The van der Waals surface area contributed by atoms with Crippen molar-refractivity contribution in [2.45, 2.75) is 19.5 Å². The summed E-state index contributed by atoms with van der Waals surface area (Å²) in [6.07, 6.45) is 0. The number of aromatic hydroxyl groups is 1. The van der Waals surface area contributed by atoms with Crippen molar-refractivity contribution in [3.63, 3.8) is 0 Å². The lowest BCUT2D eigenvalue weighted by molar-refractivity contribution is 0.414. The van der Waals surface area contributed by atoms with Crippen LogP contribution < -0.4 is 10.1 Å². The first kappa shape index (κ1) is 13.4. The van der Waals surface area contributed by atoms with E-state index in [9.17, 15) is 5.11 Å². The Kier molecular flexibility index (Phi) is 4.42. The quantitative estimate of drug-likeness (QED) is 0.864. The first-order valence-electron chi connectivity index (χ1n) is 6.34. The zero-order valence-electron chi connectivity index (χ0n) is 11.3. The van der Waals surface area contributed by atoms with Gasteiger partial charge in [0, 0.05) is 12.6 Å². The molecule has 0 fully saturated rings. The smallest absolute Gasteiger partial charge is 0.118 e. The maximum atomic E-state index is 9.23. The number of benzene rings is 2. The van der Waals surface area contributed by atoms with Crippen LogP contribution in [0, 0.1) is 0 Å². The first-order valence-corrected chi connectivity index (χ1v) is 6.34. The number of rotatable bonds is 5. The van der Waals surface area contributed by atoms with Gasteiger partial charge in [0.1, 0.15) is 11.5 Å². The van der Waals surface area contributed by atoms with Gasteiger partial charge in [0.2, 0.25) is 0 Å². The molecule has 0 radical (unpaired) electrons. The molecule has 0 aliphatic rings. The monoisotopic (exact) mass is 257 g/mol. The second kappa shape index (κ2) is 6.25. The minimum atomic E-state index is 0.264. The van der Waals surface area contributed by atoms with Gasteiger partial charge in [-0.25, -0.2) is 0 Å². The summed E-state index contributed by atoms with van der Waals surface area (Å²) >= 11 is 0. The van der Waals surface area contributed by atoms with E-state index in [1.54, 1.807) is 19.2 Å². The Balaban J connectivity index is 1.93. The molecule has 0 saturated carbocycles. The van der Waals surface area contributed by atoms with E-state index >= 15 is 0 Å². The largest absolute Gasteiger partial charge is 0.508 e. The molecule has 2 N–H and O–H groups in total. The third-order valence-electron chi connectivity index (χ3n) is 3.16. The van der Waals surface area contributed by atoms with Crippen molar-refractivity contribution in [3.8, 4) is 11.5 Å². The predicted octanol–water partition coefficient (Wildman–Crippen LogP) is 3.25. The van der Waals surface area contributed by atoms with E-state index in [0.717, 1.165) is 17.9 Å². The molecule has 2 aromatic rings. The van der Waals surface area contributed by atoms with E-state index in [4.69, 9.17) is 4.74 Å². The first-order chi connectivity index (χ1) is 9.19. The Morgan fingerprint density at radius 2 is 1.68 bits per heavy atom. The number of nitrogens with one attached hydrogen (secondary N) is 1. The number of phenolic OH excluding ortho intramolecular Hbond substituents is 1. The minimum Gasteiger partial charge on any atom is -0.508 e. The molecule has 19 heavy (non-hydrogen) atoms. The number of methoxy groups -OCH3 is 1. The lowest BCUT2D eigenvalue weighted by Gasteiger charge is -2.14. The summed E-state index contributed by atoms with van der Waals surface area (Å²) in [7, 11) is 1.67. The Bertz CT molecular complexity index is 505. The second-order valence-electron chi connectivity index (χ2n) is 4.54. The zero-order chi connectivity index (χ0) is 13.7. The fourth-order valence-electron chi connectivity index (χ4n) is 1.90. The third-order valence-corrected chi connectivity index (χ3v) is 3.16. The number of hydrogen-bond donors (Lipinski definition) is 2. The van der Waals surface area contributed by atoms with Crippen LogP contribution in [0.2, 0.25) is 0 Å². The molecule has 2 rings (SSSR count). The molecule has 3 nitrogen and oxygen atoms in total. The van der Waals surface area contributed by atoms with Gasteiger partial charge in [0.25, 0.3) is 0 Å². The molecule has 0 aromatic heterocycles. The number of phenols is 1. The van der Waals surface area contributed by atoms with Gasteiger partial charge < -0.3 is 15.2 Å². The zero-order valence-corrected chi connectivity index (χ0v) is 11.3. The summed E-state index contributed by atoms with van der Waals surface area (Å²) in [6, 6.07) is 15.6. The summed E-state index contributed by atoms with van der Waals surface area (Å²) in [5.74, 6) is 1.17. The summed E-state index contributed by atoms with van der Waals surface area (Å²) in [5.41, 5.74) is 2.37. The summed E-state index contributed by atoms with van der Waals surface area (Å²) in [6.45, 7) is 2.90. The van der Waals surface area contributed by atoms with Crippen LogP contribution in [0.5, 0.6) is 11.5 Å². The fourth-order valence-corrected chi connectivity index (χ4v) is 1.90. The van der Waals surface area contributed by atoms with Gasteiger partial charge in [-0.3, -0.25) is 0 Å². The third kappa shape index (κ3) is 3.73. The van der Waals surface area contributed by atoms with Gasteiger partial charge in [-0.1, -0.05) is 24.3 Å². The fraction of sp³-hybridized carbons (Fsp3) is 0.250. The molecule has 2 aromatic carbocycles. The van der Waals surface area contributed by atoms with Crippen LogP contribution in [0.25, 0.3) is 0 Å². The highest BCUT2D eigenvalue weighted by atomic mass is 16.5. The molecule has 0 aliphatic carbocycles. The van der Waals surface area contributed by atoms with Crippen LogP contribution in [-0.4, -0.2) is 12.2 Å². The molecule has 3 heteroatoms. The van der Waals surface area contributed by atoms with Crippen LogP contribution in [0.3, 0.4) is 0 Å². The highest BCUT2D eigenvalue weighted by Crippen LogP contribution is 2.18.